The molecule has 4 atom stereocenters. The van der Waals surface area contributed by atoms with Gasteiger partial charge >= 0.3 is 35.6 Å². The molecular formula is C19H37Cl2NSiTi-2. The van der Waals surface area contributed by atoms with E-state index in [0.717, 1.165) is 29.3 Å². The number of halogens is 2. The molecule has 0 aromatic rings. The molecule has 0 spiro atoms. The molecule has 0 saturated heterocycles. The van der Waals surface area contributed by atoms with Gasteiger partial charge in [0, 0.05) is 0 Å². The second kappa shape index (κ2) is 11.3. The van der Waals surface area contributed by atoms with Crippen molar-refractivity contribution in [2.24, 2.45) is 17.8 Å². The van der Waals surface area contributed by atoms with Crippen molar-refractivity contribution < 1.29 is 17.0 Å². The molecule has 24 heavy (non-hydrogen) atoms. The Bertz CT molecular complexity index is 350. The Hall–Kier alpha value is 1.47. The van der Waals surface area contributed by atoms with Crippen LogP contribution in [-0.2, 0) is 17.0 Å². The summed E-state index contributed by atoms with van der Waals surface area (Å²) >= 11 is -0.556. The number of hydrogen-bond donors (Lipinski definition) is 0. The van der Waals surface area contributed by atoms with E-state index in [1.165, 1.54) is 64.2 Å². The fourth-order valence-corrected chi connectivity index (χ4v) is 10.4. The van der Waals surface area contributed by atoms with Gasteiger partial charge in [-0.05, 0) is 24.2 Å². The zero-order chi connectivity index (χ0) is 16.9. The van der Waals surface area contributed by atoms with Gasteiger partial charge in [0.1, 0.15) is 0 Å². The summed E-state index contributed by atoms with van der Waals surface area (Å²) in [6.07, 6.45) is 14.7. The van der Waals surface area contributed by atoms with Crippen molar-refractivity contribution in [3.63, 3.8) is 0 Å². The summed E-state index contributed by atoms with van der Waals surface area (Å²) in [5.74, 6) is 3.07. The Balaban J connectivity index is 0.000000671. The minimum absolute atomic E-state index is 0. The summed E-state index contributed by atoms with van der Waals surface area (Å²) < 4.78 is 0. The van der Waals surface area contributed by atoms with Gasteiger partial charge in [-0.25, -0.2) is 0 Å². The quantitative estimate of drug-likeness (QED) is 0.321. The van der Waals surface area contributed by atoms with Gasteiger partial charge in [-0.15, -0.1) is 6.04 Å². The number of hydrogen-bond acceptors (Lipinski definition) is 0. The van der Waals surface area contributed by atoms with Gasteiger partial charge < -0.3 is 12.4 Å². The first-order valence-corrected chi connectivity index (χ1v) is 17.0. The summed E-state index contributed by atoms with van der Waals surface area (Å²) in [7, 11) is 8.37. The molecule has 1 nitrogen and oxygen atoms in total. The van der Waals surface area contributed by atoms with Crippen molar-refractivity contribution in [3.05, 3.63) is 12.4 Å². The van der Waals surface area contributed by atoms with Gasteiger partial charge in [-0.2, -0.15) is 0 Å². The van der Waals surface area contributed by atoms with E-state index in [2.05, 4.69) is 20.0 Å². The van der Waals surface area contributed by atoms with Crippen LogP contribution in [0.2, 0.25) is 18.6 Å². The fraction of sp³-hybridized carbons (Fsp3) is 0.947. The summed E-state index contributed by atoms with van der Waals surface area (Å²) in [6.45, 7) is 7.74. The van der Waals surface area contributed by atoms with Crippen LogP contribution in [0.3, 0.4) is 0 Å². The van der Waals surface area contributed by atoms with Crippen molar-refractivity contribution in [3.8, 4) is 0 Å². The van der Waals surface area contributed by atoms with Crippen molar-refractivity contribution in [2.75, 3.05) is 0 Å². The molecule has 0 bridgehead atoms. The van der Waals surface area contributed by atoms with Crippen LogP contribution in [-0.4, -0.2) is 14.3 Å². The minimum atomic E-state index is -1.40. The molecule has 3 rings (SSSR count). The summed E-state index contributed by atoms with van der Waals surface area (Å²) in [4.78, 5) is 5.53. The summed E-state index contributed by atoms with van der Waals surface area (Å²) in [6, 6.07) is 0.736. The van der Waals surface area contributed by atoms with Crippen LogP contribution in [0.15, 0.2) is 0 Å². The van der Waals surface area contributed by atoms with E-state index in [1.807, 2.05) is 0 Å². The van der Waals surface area contributed by atoms with Crippen LogP contribution in [0.25, 0.3) is 4.98 Å². The second-order valence-corrected chi connectivity index (χ2v) is 15.4. The van der Waals surface area contributed by atoms with Crippen LogP contribution in [0.4, 0.5) is 0 Å². The Kier molecular flexibility index (Phi) is 11.1. The molecule has 3 fully saturated rings. The first-order valence-electron chi connectivity index (χ1n) is 9.68. The first-order chi connectivity index (χ1) is 11.0. The first kappa shape index (κ1) is 23.5. The van der Waals surface area contributed by atoms with Gasteiger partial charge in [0.25, 0.3) is 0 Å². The number of rotatable bonds is 3. The zero-order valence-electron chi connectivity index (χ0n) is 16.2. The Labute approximate surface area is 169 Å². The molecule has 0 heterocycles. The maximum atomic E-state index is 5.53. The SMILES string of the molecule is CC1CC2CCCCC2C1[Si](C)(C)[N-]C1CCCCC1.[CH3-].[Cl][Ti][Cl]. The normalized spacial score (nSPS) is 33.7. The predicted octanol–water partition coefficient (Wildman–Crippen LogP) is 7.94. The molecule has 0 aliphatic heterocycles. The van der Waals surface area contributed by atoms with Crippen LogP contribution in [0.5, 0.6) is 0 Å². The predicted molar refractivity (Wildman–Crippen MR) is 109 cm³/mol. The molecule has 0 radical (unpaired) electrons. The molecule has 3 saturated carbocycles. The molecule has 0 aromatic heterocycles. The van der Waals surface area contributed by atoms with Crippen LogP contribution >= 0.6 is 18.6 Å². The molecule has 142 valence electrons. The maximum absolute atomic E-state index is 5.53. The molecule has 4 unspecified atom stereocenters. The van der Waals surface area contributed by atoms with Gasteiger partial charge in [-0.1, -0.05) is 91.6 Å². The number of nitrogens with zero attached hydrogens (tertiary/aromatic N) is 1. The van der Waals surface area contributed by atoms with Gasteiger partial charge in [0.15, 0.2) is 0 Å². The monoisotopic (exact) mass is 425 g/mol. The topological polar surface area (TPSA) is 14.1 Å². The molecule has 5 heteroatoms. The van der Waals surface area contributed by atoms with Crippen LogP contribution in [0.1, 0.15) is 71.1 Å². The Morgan fingerprint density at radius 3 is 2.08 bits per heavy atom. The Morgan fingerprint density at radius 1 is 0.917 bits per heavy atom. The van der Waals surface area contributed by atoms with Crippen molar-refractivity contribution in [1.29, 1.82) is 0 Å². The van der Waals surface area contributed by atoms with Crippen LogP contribution < -0.4 is 0 Å². The third-order valence-electron chi connectivity index (χ3n) is 6.62. The third kappa shape index (κ3) is 6.27. The third-order valence-corrected chi connectivity index (χ3v) is 10.3. The van der Waals surface area contributed by atoms with Crippen molar-refractivity contribution >= 4 is 26.8 Å². The van der Waals surface area contributed by atoms with E-state index in [-0.39, 0.29) is 7.43 Å². The molecular weight excluding hydrogens is 389 g/mol. The van der Waals surface area contributed by atoms with E-state index in [0.29, 0.717) is 0 Å². The Morgan fingerprint density at radius 2 is 1.46 bits per heavy atom. The number of fused-ring (bicyclic) bond motifs is 1. The summed E-state index contributed by atoms with van der Waals surface area (Å²) in [5.41, 5.74) is 0.995. The summed E-state index contributed by atoms with van der Waals surface area (Å²) in [5, 5.41) is 0. The van der Waals surface area contributed by atoms with Gasteiger partial charge in [0.2, 0.25) is 0 Å². The molecule has 0 N–H and O–H groups in total. The second-order valence-electron chi connectivity index (χ2n) is 8.59. The fourth-order valence-electron chi connectivity index (χ4n) is 6.03. The van der Waals surface area contributed by atoms with E-state index in [1.54, 1.807) is 0 Å². The standard InChI is InChI=1S/C18H34NSi.CH3.2ClH.Ti/c1-14-13-15-9-7-8-12-17(15)18(14)20(2,3)19-16-10-5-4-6-11-16;;;;/h14-18H,4-13H2,1-3H3;1H3;2*1H;/q2*-1;;;+2/p-2. The van der Waals surface area contributed by atoms with Gasteiger partial charge in [0.05, 0.1) is 0 Å². The molecule has 0 aromatic carbocycles. The van der Waals surface area contributed by atoms with E-state index >= 15 is 0 Å². The van der Waals surface area contributed by atoms with Crippen molar-refractivity contribution in [2.45, 2.75) is 95.8 Å². The van der Waals surface area contributed by atoms with E-state index in [4.69, 9.17) is 23.6 Å². The van der Waals surface area contributed by atoms with E-state index < -0.39 is 25.3 Å². The van der Waals surface area contributed by atoms with Crippen LogP contribution in [0, 0.1) is 25.2 Å². The zero-order valence-corrected chi connectivity index (χ0v) is 20.2. The molecule has 3 aliphatic rings. The average Bonchev–Trinajstić information content (AvgIpc) is 2.85. The molecule has 3 aliphatic carbocycles. The van der Waals surface area contributed by atoms with Gasteiger partial charge in [-0.3, -0.25) is 0 Å². The molecule has 0 amide bonds. The van der Waals surface area contributed by atoms with Crippen molar-refractivity contribution in [1.82, 2.24) is 0 Å². The van der Waals surface area contributed by atoms with E-state index in [9.17, 15) is 0 Å². The average molecular weight is 426 g/mol.